The van der Waals surface area contributed by atoms with Gasteiger partial charge in [0.2, 0.25) is 0 Å². The second kappa shape index (κ2) is 9.50. The topological polar surface area (TPSA) is 85.8 Å². The lowest BCUT2D eigenvalue weighted by Crippen LogP contribution is -2.47. The van der Waals surface area contributed by atoms with Crippen molar-refractivity contribution in [3.05, 3.63) is 82.0 Å². The summed E-state index contributed by atoms with van der Waals surface area (Å²) in [6.07, 6.45) is 1.49. The number of carboxylic acids is 1. The van der Waals surface area contributed by atoms with Gasteiger partial charge in [0.05, 0.1) is 11.9 Å². The van der Waals surface area contributed by atoms with Crippen LogP contribution in [0.2, 0.25) is 5.02 Å². The third-order valence-corrected chi connectivity index (χ3v) is 6.00. The van der Waals surface area contributed by atoms with Crippen molar-refractivity contribution in [2.45, 2.75) is 13.8 Å². The molecule has 170 valence electrons. The second-order valence-corrected chi connectivity index (χ2v) is 8.56. The van der Waals surface area contributed by atoms with E-state index >= 15 is 0 Å². The molecule has 1 saturated heterocycles. The summed E-state index contributed by atoms with van der Waals surface area (Å²) < 4.78 is 0. The Morgan fingerprint density at radius 1 is 0.970 bits per heavy atom. The molecule has 0 aliphatic carbocycles. The Balaban J connectivity index is 1.49. The number of carboxylic acid groups (broad SMARTS) is 1. The largest absolute Gasteiger partial charge is 0.478 e. The monoisotopic (exact) mass is 464 g/mol. The maximum atomic E-state index is 12.5. The molecule has 1 aliphatic heterocycles. The third-order valence-electron chi connectivity index (χ3n) is 5.75. The van der Waals surface area contributed by atoms with Crippen molar-refractivity contribution in [2.75, 3.05) is 41.3 Å². The van der Waals surface area contributed by atoms with Crippen molar-refractivity contribution in [1.29, 1.82) is 0 Å². The number of carbonyl (C=O) groups is 2. The average molecular weight is 465 g/mol. The molecule has 8 heteroatoms. The molecule has 0 radical (unpaired) electrons. The fraction of sp³-hybridized carbons (Fsp3) is 0.240. The van der Waals surface area contributed by atoms with E-state index in [-0.39, 0.29) is 11.5 Å². The number of aryl methyl sites for hydroxylation is 2. The zero-order valence-corrected chi connectivity index (χ0v) is 19.3. The number of hydrogen-bond acceptors (Lipinski definition) is 5. The van der Waals surface area contributed by atoms with Gasteiger partial charge < -0.3 is 20.2 Å². The first-order valence-electron chi connectivity index (χ1n) is 10.7. The fourth-order valence-electron chi connectivity index (χ4n) is 3.96. The van der Waals surface area contributed by atoms with Gasteiger partial charge in [0.15, 0.2) is 0 Å². The van der Waals surface area contributed by atoms with Crippen LogP contribution in [0.4, 0.5) is 17.2 Å². The van der Waals surface area contributed by atoms with Crippen molar-refractivity contribution in [3.8, 4) is 0 Å². The van der Waals surface area contributed by atoms with E-state index in [2.05, 4.69) is 47.2 Å². The Bertz CT molecular complexity index is 1190. The van der Waals surface area contributed by atoms with Crippen LogP contribution in [0.25, 0.3) is 0 Å². The van der Waals surface area contributed by atoms with Crippen LogP contribution in [0, 0.1) is 13.8 Å². The molecule has 1 amide bonds. The highest BCUT2D eigenvalue weighted by atomic mass is 35.5. The van der Waals surface area contributed by atoms with E-state index in [1.54, 1.807) is 24.3 Å². The minimum Gasteiger partial charge on any atom is -0.478 e. The lowest BCUT2D eigenvalue weighted by Gasteiger charge is -2.38. The Labute approximate surface area is 197 Å². The molecular formula is C25H25ClN4O3. The molecule has 0 spiro atoms. The molecule has 0 unspecified atom stereocenters. The summed E-state index contributed by atoms with van der Waals surface area (Å²) in [5.41, 5.74) is 4.45. The third kappa shape index (κ3) is 5.09. The fourth-order valence-corrected chi connectivity index (χ4v) is 4.09. The van der Waals surface area contributed by atoms with Crippen LogP contribution in [0.5, 0.6) is 0 Å². The number of amides is 1. The number of nitrogens with zero attached hydrogens (tertiary/aromatic N) is 3. The lowest BCUT2D eigenvalue weighted by atomic mass is 10.1. The van der Waals surface area contributed by atoms with E-state index in [0.29, 0.717) is 35.2 Å². The van der Waals surface area contributed by atoms with Gasteiger partial charge in [-0.3, -0.25) is 4.79 Å². The first kappa shape index (κ1) is 22.6. The first-order chi connectivity index (χ1) is 15.8. The van der Waals surface area contributed by atoms with Crippen molar-refractivity contribution < 1.29 is 14.7 Å². The van der Waals surface area contributed by atoms with Crippen LogP contribution in [-0.2, 0) is 0 Å². The van der Waals surface area contributed by atoms with Crippen LogP contribution >= 0.6 is 11.6 Å². The van der Waals surface area contributed by atoms with Gasteiger partial charge in [-0.25, -0.2) is 9.78 Å². The summed E-state index contributed by atoms with van der Waals surface area (Å²) in [5, 5.41) is 13.0. The number of carbonyl (C=O) groups excluding carboxylic acids is 1. The molecule has 2 heterocycles. The number of benzene rings is 2. The number of nitrogens with one attached hydrogen (secondary N) is 1. The van der Waals surface area contributed by atoms with Crippen molar-refractivity contribution in [2.24, 2.45) is 0 Å². The van der Waals surface area contributed by atoms with E-state index < -0.39 is 5.97 Å². The molecule has 2 aromatic carbocycles. The van der Waals surface area contributed by atoms with Gasteiger partial charge >= 0.3 is 5.97 Å². The van der Waals surface area contributed by atoms with E-state index in [4.69, 9.17) is 11.6 Å². The molecular weight excluding hydrogens is 440 g/mol. The second-order valence-electron chi connectivity index (χ2n) is 8.13. The molecule has 1 fully saturated rings. The summed E-state index contributed by atoms with van der Waals surface area (Å²) >= 11 is 5.87. The molecule has 3 aromatic rings. The number of halogens is 1. The van der Waals surface area contributed by atoms with Crippen LogP contribution in [0.1, 0.15) is 31.8 Å². The van der Waals surface area contributed by atoms with Gasteiger partial charge in [0.25, 0.3) is 5.91 Å². The van der Waals surface area contributed by atoms with Crippen LogP contribution in [0.3, 0.4) is 0 Å². The molecule has 2 N–H and O–H groups in total. The molecule has 7 nitrogen and oxygen atoms in total. The van der Waals surface area contributed by atoms with Crippen molar-refractivity contribution >= 4 is 40.7 Å². The molecule has 4 rings (SSSR count). The Kier molecular flexibility index (Phi) is 6.51. The van der Waals surface area contributed by atoms with Gasteiger partial charge in [-0.05, 0) is 61.4 Å². The maximum absolute atomic E-state index is 12.5. The normalized spacial score (nSPS) is 13.7. The Morgan fingerprint density at radius 3 is 2.30 bits per heavy atom. The number of piperazine rings is 1. The average Bonchev–Trinajstić information content (AvgIpc) is 2.81. The van der Waals surface area contributed by atoms with E-state index in [1.807, 2.05) is 4.90 Å². The smallest absolute Gasteiger partial charge is 0.339 e. The van der Waals surface area contributed by atoms with Crippen LogP contribution in [0.15, 0.2) is 54.7 Å². The first-order valence-corrected chi connectivity index (χ1v) is 11.1. The molecule has 1 aromatic heterocycles. The zero-order chi connectivity index (χ0) is 23.5. The highest BCUT2D eigenvalue weighted by molar-refractivity contribution is 6.30. The van der Waals surface area contributed by atoms with Crippen LogP contribution < -0.4 is 15.1 Å². The summed E-state index contributed by atoms with van der Waals surface area (Å²) in [6.45, 7) is 7.01. The molecule has 1 aliphatic rings. The highest BCUT2D eigenvalue weighted by Gasteiger charge is 2.24. The number of aromatic nitrogens is 1. The van der Waals surface area contributed by atoms with Gasteiger partial charge in [-0.15, -0.1) is 0 Å². The number of hydrogen-bond donors (Lipinski definition) is 2. The van der Waals surface area contributed by atoms with Gasteiger partial charge in [-0.1, -0.05) is 23.7 Å². The predicted octanol–water partition coefficient (Wildman–Crippen LogP) is 4.63. The standard InChI is InChI=1S/C25H25ClN4O3/c1-16-3-4-17(2)22(13-16)29-9-11-30(12-10-29)23-21(25(32)33)14-20(15-27-23)28-24(31)18-5-7-19(26)8-6-18/h3-8,13-15H,9-12H2,1-2H3,(H,28,31)(H,32,33). The lowest BCUT2D eigenvalue weighted by molar-refractivity contribution is 0.0696. The van der Waals surface area contributed by atoms with Gasteiger partial charge in [0.1, 0.15) is 11.4 Å². The van der Waals surface area contributed by atoms with Crippen molar-refractivity contribution in [1.82, 2.24) is 4.98 Å². The van der Waals surface area contributed by atoms with E-state index in [0.717, 1.165) is 13.1 Å². The maximum Gasteiger partial charge on any atom is 0.339 e. The predicted molar refractivity (Wildman–Crippen MR) is 131 cm³/mol. The summed E-state index contributed by atoms with van der Waals surface area (Å²) in [4.78, 5) is 33.1. The number of aromatic carboxylic acids is 1. The zero-order valence-electron chi connectivity index (χ0n) is 18.5. The molecule has 0 saturated carbocycles. The van der Waals surface area contributed by atoms with E-state index in [1.165, 1.54) is 29.1 Å². The number of rotatable bonds is 5. The molecule has 0 bridgehead atoms. The molecule has 0 atom stereocenters. The summed E-state index contributed by atoms with van der Waals surface area (Å²) in [5.74, 6) is -1.04. The minimum atomic E-state index is -1.09. The summed E-state index contributed by atoms with van der Waals surface area (Å²) in [7, 11) is 0. The minimum absolute atomic E-state index is 0.0593. The summed E-state index contributed by atoms with van der Waals surface area (Å²) in [6, 6.07) is 14.3. The SMILES string of the molecule is Cc1ccc(C)c(N2CCN(c3ncc(NC(=O)c4ccc(Cl)cc4)cc3C(=O)O)CC2)c1. The van der Waals surface area contributed by atoms with Gasteiger partial charge in [0, 0.05) is 42.5 Å². The van der Waals surface area contributed by atoms with Crippen molar-refractivity contribution in [3.63, 3.8) is 0 Å². The highest BCUT2D eigenvalue weighted by Crippen LogP contribution is 2.27. The quantitative estimate of drug-likeness (QED) is 0.572. The molecule has 33 heavy (non-hydrogen) atoms. The Morgan fingerprint density at radius 2 is 1.64 bits per heavy atom. The van der Waals surface area contributed by atoms with Gasteiger partial charge in [-0.2, -0.15) is 0 Å². The Hall–Kier alpha value is -3.58. The van der Waals surface area contributed by atoms with E-state index in [9.17, 15) is 14.7 Å². The number of anilines is 3. The van der Waals surface area contributed by atoms with Crippen LogP contribution in [-0.4, -0.2) is 48.1 Å². The number of pyridine rings is 1.